The molecule has 3 N–H and O–H groups in total. The van der Waals surface area contributed by atoms with Crippen molar-refractivity contribution >= 4 is 11.9 Å². The van der Waals surface area contributed by atoms with E-state index >= 15 is 0 Å². The molecule has 0 radical (unpaired) electrons. The molecule has 1 saturated heterocycles. The summed E-state index contributed by atoms with van der Waals surface area (Å²) in [5, 5.41) is 14.7. The zero-order chi connectivity index (χ0) is 13.6. The number of hydrogen-bond donors (Lipinski definition) is 3. The lowest BCUT2D eigenvalue weighted by Gasteiger charge is -2.33. The maximum atomic E-state index is 12.1. The third-order valence-corrected chi connectivity index (χ3v) is 3.48. The lowest BCUT2D eigenvalue weighted by Crippen LogP contribution is -2.47. The molecule has 0 aromatic rings. The summed E-state index contributed by atoms with van der Waals surface area (Å²) in [6.07, 6.45) is 1.02. The number of aliphatic carboxylic acids is 1. The van der Waals surface area contributed by atoms with Gasteiger partial charge in [0.15, 0.2) is 0 Å². The molecule has 6 heteroatoms. The SMILES string of the molecule is COC(CNC(=O)C1(C)CCNCC1)CC(=O)O. The number of methoxy groups -OCH3 is 1. The van der Waals surface area contributed by atoms with E-state index in [4.69, 9.17) is 9.84 Å². The normalized spacial score (nSPS) is 20.1. The second kappa shape index (κ2) is 6.70. The van der Waals surface area contributed by atoms with Crippen LogP contribution in [-0.4, -0.2) is 49.8 Å². The fourth-order valence-corrected chi connectivity index (χ4v) is 2.06. The van der Waals surface area contributed by atoms with Gasteiger partial charge in [-0.25, -0.2) is 0 Å². The summed E-state index contributed by atoms with van der Waals surface area (Å²) >= 11 is 0. The average molecular weight is 258 g/mol. The summed E-state index contributed by atoms with van der Waals surface area (Å²) in [6.45, 7) is 3.87. The van der Waals surface area contributed by atoms with Crippen molar-refractivity contribution in [1.82, 2.24) is 10.6 Å². The Morgan fingerprint density at radius 2 is 2.06 bits per heavy atom. The molecule has 1 aliphatic heterocycles. The van der Waals surface area contributed by atoms with Crippen LogP contribution in [0.1, 0.15) is 26.2 Å². The van der Waals surface area contributed by atoms with Crippen molar-refractivity contribution in [2.24, 2.45) is 5.41 Å². The number of hydrogen-bond acceptors (Lipinski definition) is 4. The topological polar surface area (TPSA) is 87.7 Å². The van der Waals surface area contributed by atoms with Crippen molar-refractivity contribution in [3.05, 3.63) is 0 Å². The molecule has 1 amide bonds. The monoisotopic (exact) mass is 258 g/mol. The van der Waals surface area contributed by atoms with E-state index in [9.17, 15) is 9.59 Å². The average Bonchev–Trinajstić information content (AvgIpc) is 2.34. The van der Waals surface area contributed by atoms with Gasteiger partial charge in [-0.2, -0.15) is 0 Å². The Labute approximate surface area is 107 Å². The van der Waals surface area contributed by atoms with Gasteiger partial charge >= 0.3 is 5.97 Å². The summed E-state index contributed by atoms with van der Waals surface area (Å²) < 4.78 is 5.02. The van der Waals surface area contributed by atoms with Gasteiger partial charge in [0, 0.05) is 19.1 Å². The first-order chi connectivity index (χ1) is 8.48. The van der Waals surface area contributed by atoms with Gasteiger partial charge in [-0.1, -0.05) is 6.92 Å². The minimum atomic E-state index is -0.927. The van der Waals surface area contributed by atoms with Crippen LogP contribution in [0.15, 0.2) is 0 Å². The molecule has 0 aliphatic carbocycles. The molecule has 104 valence electrons. The van der Waals surface area contributed by atoms with Crippen LogP contribution in [0.2, 0.25) is 0 Å². The minimum absolute atomic E-state index is 0.0172. The molecular weight excluding hydrogens is 236 g/mol. The van der Waals surface area contributed by atoms with Crippen molar-refractivity contribution in [2.75, 3.05) is 26.7 Å². The van der Waals surface area contributed by atoms with Crippen LogP contribution < -0.4 is 10.6 Å². The van der Waals surface area contributed by atoms with E-state index in [0.29, 0.717) is 0 Å². The third kappa shape index (κ3) is 4.27. The highest BCUT2D eigenvalue weighted by molar-refractivity contribution is 5.82. The highest BCUT2D eigenvalue weighted by atomic mass is 16.5. The largest absolute Gasteiger partial charge is 0.481 e. The summed E-state index contributed by atoms with van der Waals surface area (Å²) in [7, 11) is 1.45. The number of piperidine rings is 1. The maximum absolute atomic E-state index is 12.1. The number of carboxylic acids is 1. The minimum Gasteiger partial charge on any atom is -0.481 e. The van der Waals surface area contributed by atoms with Gasteiger partial charge in [0.25, 0.3) is 0 Å². The van der Waals surface area contributed by atoms with Gasteiger partial charge < -0.3 is 20.5 Å². The van der Waals surface area contributed by atoms with Crippen molar-refractivity contribution in [3.8, 4) is 0 Å². The van der Waals surface area contributed by atoms with Gasteiger partial charge in [-0.15, -0.1) is 0 Å². The Balaban J connectivity index is 2.41. The number of rotatable bonds is 6. The molecule has 18 heavy (non-hydrogen) atoms. The number of carbonyl (C=O) groups excluding carboxylic acids is 1. The van der Waals surface area contributed by atoms with Crippen LogP contribution in [0.5, 0.6) is 0 Å². The molecule has 0 spiro atoms. The van der Waals surface area contributed by atoms with Crippen LogP contribution in [0.25, 0.3) is 0 Å². The number of nitrogens with one attached hydrogen (secondary N) is 2. The molecular formula is C12H22N2O4. The highest BCUT2D eigenvalue weighted by Crippen LogP contribution is 2.27. The third-order valence-electron chi connectivity index (χ3n) is 3.48. The lowest BCUT2D eigenvalue weighted by atomic mass is 9.80. The van der Waals surface area contributed by atoms with Crippen LogP contribution >= 0.6 is 0 Å². The zero-order valence-electron chi connectivity index (χ0n) is 11.0. The zero-order valence-corrected chi connectivity index (χ0v) is 11.0. The van der Waals surface area contributed by atoms with Crippen molar-refractivity contribution in [3.63, 3.8) is 0 Å². The predicted octanol–water partition coefficient (Wildman–Crippen LogP) is -0.0180. The molecule has 0 saturated carbocycles. The summed E-state index contributed by atoms with van der Waals surface area (Å²) in [5.41, 5.74) is -0.354. The highest BCUT2D eigenvalue weighted by Gasteiger charge is 2.34. The van der Waals surface area contributed by atoms with E-state index < -0.39 is 12.1 Å². The summed E-state index contributed by atoms with van der Waals surface area (Å²) in [5.74, 6) is -0.944. The first kappa shape index (κ1) is 14.9. The summed E-state index contributed by atoms with van der Waals surface area (Å²) in [4.78, 5) is 22.7. The molecule has 0 aromatic carbocycles. The molecule has 0 bridgehead atoms. The smallest absolute Gasteiger partial charge is 0.306 e. The molecule has 1 aliphatic rings. The molecule has 1 unspecified atom stereocenters. The second-order valence-corrected chi connectivity index (χ2v) is 4.98. The van der Waals surface area contributed by atoms with E-state index in [1.165, 1.54) is 7.11 Å². The Morgan fingerprint density at radius 1 is 1.44 bits per heavy atom. The van der Waals surface area contributed by atoms with Crippen LogP contribution in [0.4, 0.5) is 0 Å². The fourth-order valence-electron chi connectivity index (χ4n) is 2.06. The van der Waals surface area contributed by atoms with E-state index in [0.717, 1.165) is 25.9 Å². The fraction of sp³-hybridized carbons (Fsp3) is 0.833. The second-order valence-electron chi connectivity index (χ2n) is 4.98. The molecule has 0 aromatic heterocycles. The molecule has 1 atom stereocenters. The van der Waals surface area contributed by atoms with E-state index in [2.05, 4.69) is 10.6 Å². The van der Waals surface area contributed by atoms with Crippen LogP contribution in [0, 0.1) is 5.41 Å². The van der Waals surface area contributed by atoms with E-state index in [1.54, 1.807) is 0 Å². The Hall–Kier alpha value is -1.14. The van der Waals surface area contributed by atoms with Crippen LogP contribution in [0.3, 0.4) is 0 Å². The van der Waals surface area contributed by atoms with E-state index in [1.807, 2.05) is 6.92 Å². The van der Waals surface area contributed by atoms with Gasteiger partial charge in [0.05, 0.1) is 12.5 Å². The quantitative estimate of drug-likeness (QED) is 0.623. The van der Waals surface area contributed by atoms with E-state index in [-0.39, 0.29) is 24.3 Å². The molecule has 6 nitrogen and oxygen atoms in total. The van der Waals surface area contributed by atoms with Crippen LogP contribution in [-0.2, 0) is 14.3 Å². The number of ether oxygens (including phenoxy) is 1. The molecule has 1 rings (SSSR count). The van der Waals surface area contributed by atoms with Gasteiger partial charge in [-0.3, -0.25) is 9.59 Å². The maximum Gasteiger partial charge on any atom is 0.306 e. The molecule has 1 heterocycles. The Kier molecular flexibility index (Phi) is 5.55. The standard InChI is InChI=1S/C12H22N2O4/c1-12(3-5-13-6-4-12)11(17)14-8-9(18-2)7-10(15)16/h9,13H,3-8H2,1-2H3,(H,14,17)(H,15,16). The van der Waals surface area contributed by atoms with Crippen molar-refractivity contribution < 1.29 is 19.4 Å². The first-order valence-electron chi connectivity index (χ1n) is 6.21. The number of carboxylic acid groups (broad SMARTS) is 1. The number of amides is 1. The Morgan fingerprint density at radius 3 is 2.56 bits per heavy atom. The predicted molar refractivity (Wildman–Crippen MR) is 66.3 cm³/mol. The summed E-state index contributed by atoms with van der Waals surface area (Å²) in [6, 6.07) is 0. The lowest BCUT2D eigenvalue weighted by molar-refractivity contribution is -0.140. The number of carbonyl (C=O) groups is 2. The molecule has 1 fully saturated rings. The van der Waals surface area contributed by atoms with Crippen molar-refractivity contribution in [1.29, 1.82) is 0 Å². The first-order valence-corrected chi connectivity index (χ1v) is 6.21. The van der Waals surface area contributed by atoms with Gasteiger partial charge in [0.1, 0.15) is 0 Å². The van der Waals surface area contributed by atoms with Gasteiger partial charge in [0.2, 0.25) is 5.91 Å². The van der Waals surface area contributed by atoms with Gasteiger partial charge in [-0.05, 0) is 25.9 Å². The van der Waals surface area contributed by atoms with Crippen molar-refractivity contribution in [2.45, 2.75) is 32.3 Å². The Bertz CT molecular complexity index is 300.